The summed E-state index contributed by atoms with van der Waals surface area (Å²) in [4.78, 5) is 18.3. The predicted molar refractivity (Wildman–Crippen MR) is 174 cm³/mol. The summed E-state index contributed by atoms with van der Waals surface area (Å²) in [5, 5.41) is 19.3. The van der Waals surface area contributed by atoms with Gasteiger partial charge in [0.1, 0.15) is 11.2 Å². The van der Waals surface area contributed by atoms with Crippen LogP contribution in [0.25, 0.3) is 0 Å². The van der Waals surface area contributed by atoms with Crippen LogP contribution in [0.5, 0.6) is 0 Å². The molecular formula is C37H29N3O3S. The molecule has 0 saturated carbocycles. The van der Waals surface area contributed by atoms with Crippen LogP contribution in [0.15, 0.2) is 162 Å². The first-order valence-corrected chi connectivity index (χ1v) is 15.0. The molecule has 1 heterocycles. The number of oxime groups is 1. The SMILES string of the molecule is O=C(OC(c1ccccc1)c1ccccc1)/C(=N/O)c1csc(NC(c2ccccc2)(c2ccccc2)c2ccccc2)n1. The first-order chi connectivity index (χ1) is 21.7. The first kappa shape index (κ1) is 28.6. The molecule has 0 aliphatic carbocycles. The van der Waals surface area contributed by atoms with E-state index in [-0.39, 0.29) is 11.4 Å². The van der Waals surface area contributed by atoms with Crippen LogP contribution in [-0.4, -0.2) is 21.9 Å². The van der Waals surface area contributed by atoms with E-state index in [0.29, 0.717) is 5.13 Å². The van der Waals surface area contributed by atoms with Gasteiger partial charge >= 0.3 is 5.97 Å². The molecule has 44 heavy (non-hydrogen) atoms. The molecule has 0 aliphatic heterocycles. The minimum atomic E-state index is -0.804. The van der Waals surface area contributed by atoms with Crippen LogP contribution < -0.4 is 5.32 Å². The fourth-order valence-corrected chi connectivity index (χ4v) is 6.08. The van der Waals surface area contributed by atoms with Gasteiger partial charge in [-0.1, -0.05) is 157 Å². The lowest BCUT2D eigenvalue weighted by molar-refractivity contribution is -0.139. The molecule has 6 nitrogen and oxygen atoms in total. The van der Waals surface area contributed by atoms with Gasteiger partial charge in [-0.15, -0.1) is 11.3 Å². The van der Waals surface area contributed by atoms with Crippen molar-refractivity contribution in [2.45, 2.75) is 11.6 Å². The first-order valence-electron chi connectivity index (χ1n) is 14.1. The van der Waals surface area contributed by atoms with E-state index in [9.17, 15) is 10.0 Å². The summed E-state index contributed by atoms with van der Waals surface area (Å²) in [7, 11) is 0. The largest absolute Gasteiger partial charge is 0.448 e. The third-order valence-corrected chi connectivity index (χ3v) is 8.14. The molecule has 0 atom stereocenters. The van der Waals surface area contributed by atoms with Gasteiger partial charge in [0.25, 0.3) is 0 Å². The minimum Gasteiger partial charge on any atom is -0.448 e. The number of anilines is 1. The zero-order valence-electron chi connectivity index (χ0n) is 23.7. The molecular weight excluding hydrogens is 566 g/mol. The Morgan fingerprint density at radius 3 is 1.50 bits per heavy atom. The molecule has 0 radical (unpaired) electrons. The van der Waals surface area contributed by atoms with E-state index in [1.54, 1.807) is 5.38 Å². The fourth-order valence-electron chi connectivity index (χ4n) is 5.32. The number of nitrogens with zero attached hydrogens (tertiary/aromatic N) is 2. The van der Waals surface area contributed by atoms with Gasteiger partial charge in [-0.05, 0) is 27.8 Å². The van der Waals surface area contributed by atoms with Crippen LogP contribution in [0.4, 0.5) is 5.13 Å². The van der Waals surface area contributed by atoms with Crippen LogP contribution in [0.3, 0.4) is 0 Å². The van der Waals surface area contributed by atoms with Gasteiger partial charge in [-0.2, -0.15) is 0 Å². The van der Waals surface area contributed by atoms with Crippen molar-refractivity contribution in [3.8, 4) is 0 Å². The molecule has 1 aromatic heterocycles. The highest BCUT2D eigenvalue weighted by Gasteiger charge is 2.37. The number of hydrogen-bond donors (Lipinski definition) is 2. The molecule has 0 aliphatic rings. The van der Waals surface area contributed by atoms with Crippen molar-refractivity contribution < 1.29 is 14.7 Å². The maximum Gasteiger partial charge on any atom is 0.363 e. The summed E-state index contributed by atoms with van der Waals surface area (Å²) < 4.78 is 5.96. The number of nitrogens with one attached hydrogen (secondary N) is 1. The molecule has 0 spiro atoms. The molecule has 0 fully saturated rings. The van der Waals surface area contributed by atoms with Crippen LogP contribution in [0.1, 0.15) is 39.6 Å². The number of esters is 1. The average molecular weight is 596 g/mol. The molecule has 0 amide bonds. The lowest BCUT2D eigenvalue weighted by Crippen LogP contribution is -2.38. The van der Waals surface area contributed by atoms with Crippen LogP contribution >= 0.6 is 11.3 Å². The Kier molecular flexibility index (Phi) is 8.57. The number of hydrogen-bond acceptors (Lipinski definition) is 7. The van der Waals surface area contributed by atoms with Crippen molar-refractivity contribution in [2.75, 3.05) is 5.32 Å². The van der Waals surface area contributed by atoms with Crippen LogP contribution in [0, 0.1) is 0 Å². The Hall–Kier alpha value is -5.53. The van der Waals surface area contributed by atoms with Crippen molar-refractivity contribution in [2.24, 2.45) is 5.16 Å². The lowest BCUT2D eigenvalue weighted by Gasteiger charge is -2.36. The number of carbonyl (C=O) groups is 1. The molecule has 6 aromatic rings. The Morgan fingerprint density at radius 1 is 0.682 bits per heavy atom. The molecule has 0 unspecified atom stereocenters. The second-order valence-electron chi connectivity index (χ2n) is 10.1. The monoisotopic (exact) mass is 595 g/mol. The number of aromatic nitrogens is 1. The molecule has 6 rings (SSSR count). The van der Waals surface area contributed by atoms with Gasteiger partial charge < -0.3 is 15.3 Å². The minimum absolute atomic E-state index is 0.202. The smallest absolute Gasteiger partial charge is 0.363 e. The number of benzene rings is 5. The second kappa shape index (κ2) is 13.2. The molecule has 216 valence electrons. The maximum atomic E-state index is 13.5. The normalized spacial score (nSPS) is 11.7. The molecule has 0 bridgehead atoms. The van der Waals surface area contributed by atoms with Crippen molar-refractivity contribution in [1.82, 2.24) is 4.98 Å². The Morgan fingerprint density at radius 2 is 1.09 bits per heavy atom. The predicted octanol–water partition coefficient (Wildman–Crippen LogP) is 8.06. The van der Waals surface area contributed by atoms with E-state index in [2.05, 4.69) is 46.9 Å². The Balaban J connectivity index is 1.35. The molecule has 2 N–H and O–H groups in total. The molecule has 0 saturated heterocycles. The zero-order chi connectivity index (χ0) is 30.2. The van der Waals surface area contributed by atoms with E-state index in [1.165, 1.54) is 11.3 Å². The average Bonchev–Trinajstić information content (AvgIpc) is 3.56. The third kappa shape index (κ3) is 5.86. The summed E-state index contributed by atoms with van der Waals surface area (Å²) in [6.45, 7) is 0. The number of thiazole rings is 1. The van der Waals surface area contributed by atoms with E-state index in [0.717, 1.165) is 27.8 Å². The summed E-state index contributed by atoms with van der Waals surface area (Å²) in [5.41, 5.74) is 3.74. The molecule has 7 heteroatoms. The van der Waals surface area contributed by atoms with E-state index in [4.69, 9.17) is 9.72 Å². The fraction of sp³-hybridized carbons (Fsp3) is 0.0541. The standard InChI is InChI=1S/C37H29N3O3S/c41-35(43-34(27-16-6-1-7-17-27)28-18-8-2-9-19-28)33(40-42)32-26-44-36(38-32)39-37(29-20-10-3-11-21-29,30-22-12-4-13-23-30)31-24-14-5-15-25-31/h1-26,34,42H,(H,38,39)/b40-33+. The van der Waals surface area contributed by atoms with Gasteiger partial charge in [0.15, 0.2) is 11.2 Å². The summed E-state index contributed by atoms with van der Waals surface area (Å²) in [6, 6.07) is 49.4. The number of ether oxygens (including phenoxy) is 1. The zero-order valence-corrected chi connectivity index (χ0v) is 24.5. The van der Waals surface area contributed by atoms with E-state index < -0.39 is 17.6 Å². The Labute approximate surface area is 260 Å². The highest BCUT2D eigenvalue weighted by Crippen LogP contribution is 2.40. The summed E-state index contributed by atoms with van der Waals surface area (Å²) in [6.07, 6.45) is -0.695. The van der Waals surface area contributed by atoms with Gasteiger partial charge in [0.2, 0.25) is 5.71 Å². The molecule has 5 aromatic carbocycles. The highest BCUT2D eigenvalue weighted by atomic mass is 32.1. The number of carbonyl (C=O) groups excluding carboxylic acids is 1. The van der Waals surface area contributed by atoms with E-state index >= 15 is 0 Å². The van der Waals surface area contributed by atoms with E-state index in [1.807, 2.05) is 115 Å². The van der Waals surface area contributed by atoms with Gasteiger partial charge in [-0.3, -0.25) is 0 Å². The third-order valence-electron chi connectivity index (χ3n) is 7.38. The lowest BCUT2D eigenvalue weighted by atomic mass is 9.77. The topological polar surface area (TPSA) is 83.8 Å². The maximum absolute atomic E-state index is 13.5. The van der Waals surface area contributed by atoms with Crippen molar-refractivity contribution in [1.29, 1.82) is 0 Å². The summed E-state index contributed by atoms with van der Waals surface area (Å²) in [5.74, 6) is -0.789. The van der Waals surface area contributed by atoms with Crippen LogP contribution in [-0.2, 0) is 15.1 Å². The van der Waals surface area contributed by atoms with Gasteiger partial charge in [-0.25, -0.2) is 9.78 Å². The second-order valence-corrected chi connectivity index (χ2v) is 10.9. The van der Waals surface area contributed by atoms with Crippen molar-refractivity contribution in [3.05, 3.63) is 191 Å². The van der Waals surface area contributed by atoms with Crippen molar-refractivity contribution in [3.63, 3.8) is 0 Å². The quantitative estimate of drug-likeness (QED) is 0.0550. The highest BCUT2D eigenvalue weighted by molar-refractivity contribution is 7.14. The summed E-state index contributed by atoms with van der Waals surface area (Å²) >= 11 is 1.31. The van der Waals surface area contributed by atoms with Gasteiger partial charge in [0.05, 0.1) is 0 Å². The van der Waals surface area contributed by atoms with Crippen LogP contribution in [0.2, 0.25) is 0 Å². The van der Waals surface area contributed by atoms with Gasteiger partial charge in [0, 0.05) is 5.38 Å². The number of rotatable bonds is 10. The Bertz CT molecular complexity index is 1690. The van der Waals surface area contributed by atoms with Crippen molar-refractivity contribution >= 4 is 28.1 Å².